The molecule has 0 unspecified atom stereocenters. The van der Waals surface area contributed by atoms with E-state index < -0.39 is 0 Å². The first kappa shape index (κ1) is 27.3. The van der Waals surface area contributed by atoms with E-state index in [0.29, 0.717) is 0 Å². The topological polar surface area (TPSA) is 0 Å². The molecule has 3 aromatic carbocycles. The minimum absolute atomic E-state index is 0.121. The van der Waals surface area contributed by atoms with Crippen molar-refractivity contribution >= 4 is 0 Å². The Morgan fingerprint density at radius 3 is 1.11 bits per heavy atom. The van der Waals surface area contributed by atoms with Crippen LogP contribution in [0.5, 0.6) is 0 Å². The highest BCUT2D eigenvalue weighted by Gasteiger charge is 2.19. The third-order valence-corrected chi connectivity index (χ3v) is 7.07. The van der Waals surface area contributed by atoms with E-state index in [0.717, 1.165) is 19.3 Å². The molecule has 3 aromatic rings. The Morgan fingerprint density at radius 1 is 0.429 bits per heavy atom. The predicted molar refractivity (Wildman–Crippen MR) is 155 cm³/mol. The van der Waals surface area contributed by atoms with Crippen LogP contribution in [0.15, 0.2) is 54.6 Å². The molecule has 0 aromatic heterocycles. The van der Waals surface area contributed by atoms with Crippen LogP contribution >= 0.6 is 0 Å². The molecule has 0 N–H and O–H groups in total. The van der Waals surface area contributed by atoms with Crippen LogP contribution in [0.4, 0.5) is 0 Å². The molecule has 0 heterocycles. The van der Waals surface area contributed by atoms with Gasteiger partial charge in [-0.25, -0.2) is 0 Å². The van der Waals surface area contributed by atoms with Crippen LogP contribution in [-0.4, -0.2) is 0 Å². The summed E-state index contributed by atoms with van der Waals surface area (Å²) in [6, 6.07) is 21.7. The van der Waals surface area contributed by atoms with Gasteiger partial charge in [-0.1, -0.05) is 129 Å². The first-order valence-electron chi connectivity index (χ1n) is 13.4. The number of hydrogen-bond acceptors (Lipinski definition) is 0. The van der Waals surface area contributed by atoms with Gasteiger partial charge in [0, 0.05) is 0 Å². The molecule has 0 heteroatoms. The second-order valence-electron chi connectivity index (χ2n) is 13.7. The molecule has 0 aliphatic heterocycles. The van der Waals surface area contributed by atoms with Gasteiger partial charge in [-0.05, 0) is 86.9 Å². The van der Waals surface area contributed by atoms with E-state index in [1.165, 1.54) is 50.1 Å². The van der Waals surface area contributed by atoms with E-state index in [-0.39, 0.29) is 16.2 Å². The van der Waals surface area contributed by atoms with Crippen molar-refractivity contribution in [2.45, 2.75) is 112 Å². The molecule has 0 aliphatic carbocycles. The zero-order valence-electron chi connectivity index (χ0n) is 24.3. The molecule has 0 spiro atoms. The number of rotatable bonds is 5. The fourth-order valence-corrected chi connectivity index (χ4v) is 4.77. The summed E-state index contributed by atoms with van der Waals surface area (Å²) in [5, 5.41) is 0. The molecule has 35 heavy (non-hydrogen) atoms. The lowest BCUT2D eigenvalue weighted by molar-refractivity contribution is 0.587. The van der Waals surface area contributed by atoms with E-state index in [4.69, 9.17) is 0 Å². The van der Waals surface area contributed by atoms with Crippen molar-refractivity contribution in [3.8, 4) is 0 Å². The number of hydrogen-bond donors (Lipinski definition) is 0. The minimum atomic E-state index is 0.121. The van der Waals surface area contributed by atoms with Crippen molar-refractivity contribution in [3.63, 3.8) is 0 Å². The standard InChI is InChI=1S/C35H48/c1-12-25-15-27(21-31(19-25)34(6,7)8)17-29-18-28(22-32(23-29)35(9,10)11)16-26-13-24(2)14-30(20-26)33(3,4)5/h13-15,18-23H,12,16-17H2,1-11H3. The normalized spacial score (nSPS) is 12.8. The van der Waals surface area contributed by atoms with Crippen LogP contribution in [0.2, 0.25) is 0 Å². The maximum Gasteiger partial charge on any atom is -0.00254 e. The Balaban J connectivity index is 2.04. The third kappa shape index (κ3) is 7.33. The monoisotopic (exact) mass is 468 g/mol. The summed E-state index contributed by atoms with van der Waals surface area (Å²) >= 11 is 0. The van der Waals surface area contributed by atoms with Crippen LogP contribution < -0.4 is 0 Å². The van der Waals surface area contributed by atoms with Crippen molar-refractivity contribution < 1.29 is 0 Å². The smallest absolute Gasteiger partial charge is 0.00254 e. The van der Waals surface area contributed by atoms with Gasteiger partial charge in [0.05, 0.1) is 0 Å². The molecule has 188 valence electrons. The van der Waals surface area contributed by atoms with Crippen molar-refractivity contribution in [3.05, 3.63) is 105 Å². The quantitative estimate of drug-likeness (QED) is 0.349. The van der Waals surface area contributed by atoms with Gasteiger partial charge in [0.2, 0.25) is 0 Å². The molecular formula is C35H48. The van der Waals surface area contributed by atoms with Crippen molar-refractivity contribution in [2.75, 3.05) is 0 Å². The highest BCUT2D eigenvalue weighted by Crippen LogP contribution is 2.30. The van der Waals surface area contributed by atoms with Crippen molar-refractivity contribution in [2.24, 2.45) is 0 Å². The van der Waals surface area contributed by atoms with Gasteiger partial charge in [-0.2, -0.15) is 0 Å². The maximum atomic E-state index is 2.45. The van der Waals surface area contributed by atoms with Crippen LogP contribution in [0, 0.1) is 6.92 Å². The van der Waals surface area contributed by atoms with Crippen LogP contribution in [-0.2, 0) is 35.5 Å². The average molecular weight is 469 g/mol. The summed E-state index contributed by atoms with van der Waals surface area (Å²) in [5.41, 5.74) is 13.2. The second-order valence-corrected chi connectivity index (χ2v) is 13.7. The fraction of sp³-hybridized carbons (Fsp3) is 0.486. The Bertz CT molecular complexity index is 1170. The summed E-state index contributed by atoms with van der Waals surface area (Å²) < 4.78 is 0. The summed E-state index contributed by atoms with van der Waals surface area (Å²) in [4.78, 5) is 0. The van der Waals surface area contributed by atoms with Gasteiger partial charge in [0.15, 0.2) is 0 Å². The van der Waals surface area contributed by atoms with E-state index in [2.05, 4.69) is 131 Å². The number of aryl methyl sites for hydroxylation is 2. The minimum Gasteiger partial charge on any atom is -0.0613 e. The Kier molecular flexibility index (Phi) is 7.76. The molecule has 0 fully saturated rings. The van der Waals surface area contributed by atoms with Crippen molar-refractivity contribution in [1.29, 1.82) is 0 Å². The lowest BCUT2D eigenvalue weighted by Crippen LogP contribution is -2.14. The lowest BCUT2D eigenvalue weighted by atomic mass is 9.81. The molecule has 0 aliphatic rings. The summed E-state index contributed by atoms with van der Waals surface area (Å²) in [5.74, 6) is 0. The summed E-state index contributed by atoms with van der Waals surface area (Å²) in [7, 11) is 0. The Labute approximate surface area is 216 Å². The Morgan fingerprint density at radius 2 is 0.743 bits per heavy atom. The summed E-state index contributed by atoms with van der Waals surface area (Å²) in [6.07, 6.45) is 3.03. The highest BCUT2D eigenvalue weighted by molar-refractivity contribution is 5.43. The first-order chi connectivity index (χ1) is 16.0. The molecule has 0 saturated carbocycles. The molecule has 0 bridgehead atoms. The highest BCUT2D eigenvalue weighted by atomic mass is 14.2. The molecule has 3 rings (SSSR count). The second kappa shape index (κ2) is 9.96. The largest absolute Gasteiger partial charge is 0.0613 e. The van der Waals surface area contributed by atoms with Crippen LogP contribution in [0.3, 0.4) is 0 Å². The number of benzene rings is 3. The molecule has 0 radical (unpaired) electrons. The van der Waals surface area contributed by atoms with Gasteiger partial charge in [0.25, 0.3) is 0 Å². The molecular weight excluding hydrogens is 420 g/mol. The molecule has 0 nitrogen and oxygen atoms in total. The zero-order chi connectivity index (χ0) is 26.2. The molecule has 0 saturated heterocycles. The van der Waals surface area contributed by atoms with Gasteiger partial charge in [-0.15, -0.1) is 0 Å². The fourth-order valence-electron chi connectivity index (χ4n) is 4.77. The van der Waals surface area contributed by atoms with Crippen molar-refractivity contribution in [1.82, 2.24) is 0 Å². The summed E-state index contributed by atoms with van der Waals surface area (Å²) in [6.45, 7) is 25.3. The van der Waals surface area contributed by atoms with E-state index >= 15 is 0 Å². The maximum absolute atomic E-state index is 2.45. The predicted octanol–water partition coefficient (Wildman–Crippen LogP) is 9.63. The zero-order valence-corrected chi connectivity index (χ0v) is 24.3. The first-order valence-corrected chi connectivity index (χ1v) is 13.4. The SMILES string of the molecule is CCc1cc(Cc2cc(Cc3cc(C)cc(C(C)(C)C)c3)cc(C(C)(C)C)c2)cc(C(C)(C)C)c1. The lowest BCUT2D eigenvalue weighted by Gasteiger charge is -2.23. The third-order valence-electron chi connectivity index (χ3n) is 7.07. The Hall–Kier alpha value is -2.34. The van der Waals surface area contributed by atoms with Gasteiger partial charge < -0.3 is 0 Å². The van der Waals surface area contributed by atoms with Gasteiger partial charge >= 0.3 is 0 Å². The molecule has 0 amide bonds. The average Bonchev–Trinajstić information content (AvgIpc) is 2.71. The van der Waals surface area contributed by atoms with Crippen LogP contribution in [0.25, 0.3) is 0 Å². The van der Waals surface area contributed by atoms with E-state index in [9.17, 15) is 0 Å². The van der Waals surface area contributed by atoms with E-state index in [1.807, 2.05) is 0 Å². The molecule has 0 atom stereocenters. The van der Waals surface area contributed by atoms with E-state index in [1.54, 1.807) is 0 Å². The van der Waals surface area contributed by atoms with Gasteiger partial charge in [0.1, 0.15) is 0 Å². The van der Waals surface area contributed by atoms with Crippen LogP contribution in [0.1, 0.15) is 119 Å². The van der Waals surface area contributed by atoms with Gasteiger partial charge in [-0.3, -0.25) is 0 Å².